The van der Waals surface area contributed by atoms with Crippen LogP contribution in [0, 0.1) is 0 Å². The van der Waals surface area contributed by atoms with Crippen LogP contribution in [0.25, 0.3) is 0 Å². The molecule has 1 rings (SSSR count). The third-order valence-corrected chi connectivity index (χ3v) is 2.02. The third kappa shape index (κ3) is 3.18. The first-order valence-corrected chi connectivity index (χ1v) is 4.85. The fourth-order valence-corrected chi connectivity index (χ4v) is 1.18. The highest BCUT2D eigenvalue weighted by Crippen LogP contribution is 2.09. The molecule has 0 spiro atoms. The lowest BCUT2D eigenvalue weighted by Crippen LogP contribution is -2.16. The van der Waals surface area contributed by atoms with E-state index in [-0.39, 0.29) is 5.91 Å². The van der Waals surface area contributed by atoms with Gasteiger partial charge in [0.25, 0.3) is 0 Å². The summed E-state index contributed by atoms with van der Waals surface area (Å²) < 4.78 is 0. The van der Waals surface area contributed by atoms with Gasteiger partial charge >= 0.3 is 0 Å². The number of aryl methyl sites for hydroxylation is 1. The molecule has 76 valence electrons. The Bertz CT molecular complexity index is 293. The molecule has 0 radical (unpaired) electrons. The minimum absolute atomic E-state index is 0.0308. The molecule has 14 heavy (non-hydrogen) atoms. The maximum Gasteiger partial charge on any atom is 0.225 e. The van der Waals surface area contributed by atoms with Crippen LogP contribution in [-0.2, 0) is 11.2 Å². The van der Waals surface area contributed by atoms with Crippen molar-refractivity contribution in [1.82, 2.24) is 0 Å². The van der Waals surface area contributed by atoms with Gasteiger partial charge in [0.05, 0.1) is 0 Å². The summed E-state index contributed by atoms with van der Waals surface area (Å²) in [6.45, 7) is 2.49. The lowest BCUT2D eigenvalue weighted by Gasteiger charge is -2.04. The van der Waals surface area contributed by atoms with Crippen molar-refractivity contribution in [2.75, 3.05) is 11.9 Å². The van der Waals surface area contributed by atoms with Crippen LogP contribution in [0.1, 0.15) is 18.9 Å². The van der Waals surface area contributed by atoms with Crippen molar-refractivity contribution in [2.45, 2.75) is 19.8 Å². The molecule has 0 unspecified atom stereocenters. The maximum absolute atomic E-state index is 11.2. The van der Waals surface area contributed by atoms with Gasteiger partial charge in [-0.2, -0.15) is 0 Å². The van der Waals surface area contributed by atoms with E-state index in [0.717, 1.165) is 12.1 Å². The van der Waals surface area contributed by atoms with E-state index in [4.69, 9.17) is 5.73 Å². The molecule has 0 aliphatic rings. The Labute approximate surface area is 84.3 Å². The van der Waals surface area contributed by atoms with Crippen molar-refractivity contribution in [3.8, 4) is 0 Å². The molecule has 0 aliphatic carbocycles. The number of hydrogen-bond acceptors (Lipinski definition) is 2. The number of anilines is 1. The van der Waals surface area contributed by atoms with Crippen LogP contribution in [0.4, 0.5) is 5.69 Å². The first-order valence-electron chi connectivity index (χ1n) is 4.85. The van der Waals surface area contributed by atoms with E-state index in [9.17, 15) is 4.79 Å². The molecule has 0 saturated heterocycles. The number of carbonyl (C=O) groups excluding carboxylic acids is 1. The van der Waals surface area contributed by atoms with E-state index < -0.39 is 0 Å². The minimum Gasteiger partial charge on any atom is -0.330 e. The Kier molecular flexibility index (Phi) is 4.13. The van der Waals surface area contributed by atoms with Gasteiger partial charge in [0.1, 0.15) is 0 Å². The van der Waals surface area contributed by atoms with Crippen LogP contribution in [0.5, 0.6) is 0 Å². The molecular weight excluding hydrogens is 176 g/mol. The number of hydrogen-bond donors (Lipinski definition) is 2. The summed E-state index contributed by atoms with van der Waals surface area (Å²) in [5.41, 5.74) is 7.37. The number of amides is 1. The first kappa shape index (κ1) is 10.7. The summed E-state index contributed by atoms with van der Waals surface area (Å²) in [6.07, 6.45) is 1.38. The highest BCUT2D eigenvalue weighted by molar-refractivity contribution is 5.90. The number of rotatable bonds is 4. The number of nitrogens with one attached hydrogen (secondary N) is 1. The van der Waals surface area contributed by atoms with Gasteiger partial charge in [-0.05, 0) is 24.1 Å². The van der Waals surface area contributed by atoms with Gasteiger partial charge in [0, 0.05) is 18.7 Å². The second-order valence-electron chi connectivity index (χ2n) is 3.14. The molecule has 0 bridgehead atoms. The second kappa shape index (κ2) is 5.40. The van der Waals surface area contributed by atoms with Crippen LogP contribution in [0.3, 0.4) is 0 Å². The van der Waals surface area contributed by atoms with Gasteiger partial charge in [-0.15, -0.1) is 0 Å². The summed E-state index contributed by atoms with van der Waals surface area (Å²) in [4.78, 5) is 11.2. The summed E-state index contributed by atoms with van der Waals surface area (Å²) in [5.74, 6) is -0.0308. The fraction of sp³-hybridized carbons (Fsp3) is 0.364. The van der Waals surface area contributed by atoms with Gasteiger partial charge in [0.2, 0.25) is 5.91 Å². The molecule has 0 aromatic heterocycles. The van der Waals surface area contributed by atoms with E-state index in [1.54, 1.807) is 0 Å². The number of carbonyl (C=O) groups is 1. The van der Waals surface area contributed by atoms with E-state index >= 15 is 0 Å². The fourth-order valence-electron chi connectivity index (χ4n) is 1.18. The SMILES string of the molecule is CCc1ccc(NC(=O)CCN)cc1. The monoisotopic (exact) mass is 192 g/mol. The zero-order valence-electron chi connectivity index (χ0n) is 8.42. The second-order valence-corrected chi connectivity index (χ2v) is 3.14. The van der Waals surface area contributed by atoms with Crippen LogP contribution < -0.4 is 11.1 Å². The summed E-state index contributed by atoms with van der Waals surface area (Å²) >= 11 is 0. The topological polar surface area (TPSA) is 55.1 Å². The van der Waals surface area contributed by atoms with Crippen molar-refractivity contribution >= 4 is 11.6 Å². The molecule has 0 aliphatic heterocycles. The zero-order chi connectivity index (χ0) is 10.4. The molecular formula is C11H16N2O. The lowest BCUT2D eigenvalue weighted by molar-refractivity contribution is -0.116. The third-order valence-electron chi connectivity index (χ3n) is 2.02. The largest absolute Gasteiger partial charge is 0.330 e. The predicted molar refractivity (Wildman–Crippen MR) is 58.1 cm³/mol. The van der Waals surface area contributed by atoms with Crippen molar-refractivity contribution in [2.24, 2.45) is 5.73 Å². The molecule has 3 nitrogen and oxygen atoms in total. The Morgan fingerprint density at radius 2 is 2.00 bits per heavy atom. The molecule has 0 fully saturated rings. The first-order chi connectivity index (χ1) is 6.76. The lowest BCUT2D eigenvalue weighted by atomic mass is 10.1. The summed E-state index contributed by atoms with van der Waals surface area (Å²) in [7, 11) is 0. The summed E-state index contributed by atoms with van der Waals surface area (Å²) in [6, 6.07) is 7.84. The molecule has 0 heterocycles. The van der Waals surface area contributed by atoms with Crippen LogP contribution in [0.2, 0.25) is 0 Å². The van der Waals surface area contributed by atoms with E-state index in [1.807, 2.05) is 24.3 Å². The van der Waals surface area contributed by atoms with E-state index in [0.29, 0.717) is 13.0 Å². The van der Waals surface area contributed by atoms with Gasteiger partial charge < -0.3 is 11.1 Å². The van der Waals surface area contributed by atoms with Gasteiger partial charge in [0.15, 0.2) is 0 Å². The minimum atomic E-state index is -0.0308. The Morgan fingerprint density at radius 3 is 2.50 bits per heavy atom. The van der Waals surface area contributed by atoms with Crippen LogP contribution in [0.15, 0.2) is 24.3 Å². The molecule has 1 aromatic rings. The standard InChI is InChI=1S/C11H16N2O/c1-2-9-3-5-10(6-4-9)13-11(14)7-8-12/h3-6H,2,7-8,12H2,1H3,(H,13,14). The Morgan fingerprint density at radius 1 is 1.36 bits per heavy atom. The Hall–Kier alpha value is -1.35. The quantitative estimate of drug-likeness (QED) is 0.760. The van der Waals surface area contributed by atoms with Crippen molar-refractivity contribution in [3.63, 3.8) is 0 Å². The zero-order valence-corrected chi connectivity index (χ0v) is 8.42. The van der Waals surface area contributed by atoms with Crippen LogP contribution >= 0.6 is 0 Å². The average molecular weight is 192 g/mol. The highest BCUT2D eigenvalue weighted by Gasteiger charge is 1.99. The number of benzene rings is 1. The molecule has 1 aromatic carbocycles. The molecule has 1 amide bonds. The molecule has 3 heteroatoms. The van der Waals surface area contributed by atoms with Gasteiger partial charge in [-0.1, -0.05) is 19.1 Å². The van der Waals surface area contributed by atoms with Crippen molar-refractivity contribution < 1.29 is 4.79 Å². The Balaban J connectivity index is 2.55. The van der Waals surface area contributed by atoms with E-state index in [1.165, 1.54) is 5.56 Å². The van der Waals surface area contributed by atoms with Gasteiger partial charge in [-0.25, -0.2) is 0 Å². The van der Waals surface area contributed by atoms with Gasteiger partial charge in [-0.3, -0.25) is 4.79 Å². The van der Waals surface area contributed by atoms with E-state index in [2.05, 4.69) is 12.2 Å². The summed E-state index contributed by atoms with van der Waals surface area (Å²) in [5, 5.41) is 2.78. The smallest absolute Gasteiger partial charge is 0.225 e. The highest BCUT2D eigenvalue weighted by atomic mass is 16.1. The molecule has 3 N–H and O–H groups in total. The normalized spacial score (nSPS) is 9.86. The van der Waals surface area contributed by atoms with Crippen molar-refractivity contribution in [1.29, 1.82) is 0 Å². The average Bonchev–Trinajstić information content (AvgIpc) is 2.19. The molecule has 0 saturated carbocycles. The predicted octanol–water partition coefficient (Wildman–Crippen LogP) is 1.54. The number of nitrogens with two attached hydrogens (primary N) is 1. The maximum atomic E-state index is 11.2. The van der Waals surface area contributed by atoms with Crippen molar-refractivity contribution in [3.05, 3.63) is 29.8 Å². The van der Waals surface area contributed by atoms with Crippen LogP contribution in [-0.4, -0.2) is 12.5 Å². The molecule has 0 atom stereocenters.